The quantitative estimate of drug-likeness (QED) is 0.130. The van der Waals surface area contributed by atoms with Gasteiger partial charge in [0.1, 0.15) is 51.8 Å². The van der Waals surface area contributed by atoms with E-state index in [1.54, 1.807) is 13.8 Å². The van der Waals surface area contributed by atoms with Crippen molar-refractivity contribution < 1.29 is 116 Å². The van der Waals surface area contributed by atoms with Crippen molar-refractivity contribution in [2.45, 2.75) is 122 Å². The monoisotopic (exact) mass is 888 g/mol. The average Bonchev–Trinajstić information content (AvgIpc) is 4.09. The predicted molar refractivity (Wildman–Crippen MR) is 212 cm³/mol. The molecular formula is C36H72O24. The Morgan fingerprint density at radius 3 is 0.583 bits per heavy atom. The van der Waals surface area contributed by atoms with Crippen LogP contribution in [0.3, 0.4) is 0 Å². The zero-order valence-corrected chi connectivity index (χ0v) is 37.6. The largest absolute Gasteiger partial charge is 0.508 e. The molecule has 0 aromatic rings. The van der Waals surface area contributed by atoms with Gasteiger partial charge in [-0.15, -0.1) is 0 Å². The summed E-state index contributed by atoms with van der Waals surface area (Å²) in [5.74, 6) is 0. The van der Waals surface area contributed by atoms with Crippen molar-refractivity contribution in [3.8, 4) is 0 Å². The van der Waals surface area contributed by atoms with Crippen molar-refractivity contribution in [1.82, 2.24) is 0 Å². The molecule has 6 fully saturated rings. The second-order valence-corrected chi connectivity index (χ2v) is 8.04. The SMILES string of the molecule is CC.CC.CC.CC.CC.CC.CC1COC(=O)O1.CC1COC(=O)O1.O=C(O)O.O=C(O)O.O=C1OCCCO1.O=C1OCCCO1.O=C1OCCO1.O=C1OCCO1. The van der Waals surface area contributed by atoms with Crippen LogP contribution in [0.4, 0.5) is 38.4 Å². The van der Waals surface area contributed by atoms with Crippen molar-refractivity contribution >= 4 is 49.2 Å². The minimum atomic E-state index is -1.83. The molecule has 24 heteroatoms. The van der Waals surface area contributed by atoms with E-state index in [9.17, 15) is 28.8 Å². The van der Waals surface area contributed by atoms with E-state index in [1.807, 2.05) is 83.1 Å². The van der Waals surface area contributed by atoms with E-state index in [4.69, 9.17) is 30.0 Å². The summed E-state index contributed by atoms with van der Waals surface area (Å²) in [4.78, 5) is 76.8. The second-order valence-electron chi connectivity index (χ2n) is 8.04. The van der Waals surface area contributed by atoms with Gasteiger partial charge in [0.05, 0.1) is 26.4 Å². The van der Waals surface area contributed by atoms with E-state index >= 15 is 0 Å². The van der Waals surface area contributed by atoms with Crippen molar-refractivity contribution in [2.75, 3.05) is 66.1 Å². The van der Waals surface area contributed by atoms with Crippen LogP contribution in [0.2, 0.25) is 0 Å². The van der Waals surface area contributed by atoms with Crippen LogP contribution < -0.4 is 0 Å². The Morgan fingerprint density at radius 2 is 0.517 bits per heavy atom. The lowest BCUT2D eigenvalue weighted by molar-refractivity contribution is 0.0184. The van der Waals surface area contributed by atoms with Crippen molar-refractivity contribution in [1.29, 1.82) is 0 Å². The van der Waals surface area contributed by atoms with Crippen LogP contribution in [0.15, 0.2) is 0 Å². The number of carbonyl (C=O) groups excluding carboxylic acids is 6. The highest BCUT2D eigenvalue weighted by atomic mass is 16.8. The zero-order valence-electron chi connectivity index (χ0n) is 37.6. The highest BCUT2D eigenvalue weighted by molar-refractivity contribution is 5.62. The topological polar surface area (TPSA) is 328 Å². The molecule has 24 nitrogen and oxygen atoms in total. The van der Waals surface area contributed by atoms with Gasteiger partial charge in [-0.05, 0) is 13.8 Å². The van der Waals surface area contributed by atoms with Gasteiger partial charge in [0.15, 0.2) is 0 Å². The molecule has 6 aliphatic rings. The fourth-order valence-electron chi connectivity index (χ4n) is 2.24. The number of ether oxygens (including phenoxy) is 12. The molecule has 2 unspecified atom stereocenters. The van der Waals surface area contributed by atoms with Gasteiger partial charge in [-0.1, -0.05) is 83.1 Å². The van der Waals surface area contributed by atoms with Crippen LogP contribution >= 0.6 is 0 Å². The smallest absolute Gasteiger partial charge is 0.450 e. The van der Waals surface area contributed by atoms with Gasteiger partial charge in [0, 0.05) is 12.8 Å². The lowest BCUT2D eigenvalue weighted by atomic mass is 10.5. The number of carbonyl (C=O) groups is 8. The predicted octanol–water partition coefficient (Wildman–Crippen LogP) is 9.08. The summed E-state index contributed by atoms with van der Waals surface area (Å²) in [7, 11) is 0. The third-order valence-corrected chi connectivity index (χ3v) is 3.97. The number of carboxylic acid groups (broad SMARTS) is 4. The minimum Gasteiger partial charge on any atom is -0.450 e. The van der Waals surface area contributed by atoms with E-state index in [0.29, 0.717) is 66.1 Å². The van der Waals surface area contributed by atoms with Gasteiger partial charge < -0.3 is 77.3 Å². The first-order valence-electron chi connectivity index (χ1n) is 19.3. The number of rotatable bonds is 0. The molecular weight excluding hydrogens is 816 g/mol. The summed E-state index contributed by atoms with van der Waals surface area (Å²) in [5.41, 5.74) is 0. The first-order valence-corrected chi connectivity index (χ1v) is 19.3. The molecule has 0 bridgehead atoms. The molecule has 0 saturated carbocycles. The fraction of sp³-hybridized carbons (Fsp3) is 0.778. The first-order chi connectivity index (χ1) is 28.6. The summed E-state index contributed by atoms with van der Waals surface area (Å²) >= 11 is 0. The van der Waals surface area contributed by atoms with E-state index in [2.05, 4.69) is 56.8 Å². The molecule has 0 aliphatic carbocycles. The summed E-state index contributed by atoms with van der Waals surface area (Å²) < 4.78 is 52.6. The molecule has 360 valence electrons. The van der Waals surface area contributed by atoms with Crippen LogP contribution in [0, 0.1) is 0 Å². The third kappa shape index (κ3) is 76.8. The van der Waals surface area contributed by atoms with E-state index in [0.717, 1.165) is 12.8 Å². The number of hydrogen-bond acceptors (Lipinski definition) is 20. The molecule has 6 saturated heterocycles. The third-order valence-electron chi connectivity index (χ3n) is 3.97. The van der Waals surface area contributed by atoms with Crippen LogP contribution in [-0.4, -0.2) is 148 Å². The Bertz CT molecular complexity index is 874. The molecule has 60 heavy (non-hydrogen) atoms. The first kappa shape index (κ1) is 71.8. The maximum absolute atomic E-state index is 10.0. The minimum absolute atomic E-state index is 0.0486. The zero-order chi connectivity index (χ0) is 48.7. The lowest BCUT2D eigenvalue weighted by Crippen LogP contribution is -2.16. The van der Waals surface area contributed by atoms with Crippen LogP contribution in [0.1, 0.15) is 110 Å². The van der Waals surface area contributed by atoms with E-state index < -0.39 is 49.2 Å². The molecule has 0 amide bonds. The van der Waals surface area contributed by atoms with Crippen molar-refractivity contribution in [3.05, 3.63) is 0 Å². The second kappa shape index (κ2) is 62.4. The highest BCUT2D eigenvalue weighted by Crippen LogP contribution is 2.04. The van der Waals surface area contributed by atoms with Crippen molar-refractivity contribution in [2.24, 2.45) is 0 Å². The van der Waals surface area contributed by atoms with Gasteiger partial charge in [0.25, 0.3) is 0 Å². The molecule has 0 radical (unpaired) electrons. The van der Waals surface area contributed by atoms with Gasteiger partial charge >= 0.3 is 49.2 Å². The average molecular weight is 889 g/mol. The highest BCUT2D eigenvalue weighted by Gasteiger charge is 2.20. The van der Waals surface area contributed by atoms with Crippen LogP contribution in [-0.2, 0) is 56.8 Å². The van der Waals surface area contributed by atoms with Gasteiger partial charge in [-0.3, -0.25) is 0 Å². The Morgan fingerprint density at radius 1 is 0.350 bits per heavy atom. The molecule has 6 aliphatic heterocycles. The van der Waals surface area contributed by atoms with Crippen LogP contribution in [0.5, 0.6) is 0 Å². The summed E-state index contributed by atoms with van der Waals surface area (Å²) in [6.07, 6.45) is -5.38. The van der Waals surface area contributed by atoms with Gasteiger partial charge in [0.2, 0.25) is 0 Å². The molecule has 0 aromatic heterocycles. The number of cyclic esters (lactones) is 12. The Hall–Kier alpha value is -5.84. The normalized spacial score (nSPS) is 16.9. The molecule has 6 heterocycles. The van der Waals surface area contributed by atoms with Gasteiger partial charge in [-0.2, -0.15) is 0 Å². The molecule has 0 aromatic carbocycles. The lowest BCUT2D eigenvalue weighted by Gasteiger charge is -2.09. The molecule has 4 N–H and O–H groups in total. The molecule has 6 rings (SSSR count). The maximum atomic E-state index is 10.0. The molecule has 0 spiro atoms. The maximum Gasteiger partial charge on any atom is 0.508 e. The fourth-order valence-corrected chi connectivity index (χ4v) is 2.24. The van der Waals surface area contributed by atoms with Crippen molar-refractivity contribution in [3.63, 3.8) is 0 Å². The summed E-state index contributed by atoms with van der Waals surface area (Å²) in [6, 6.07) is 0. The Labute approximate surface area is 352 Å². The van der Waals surface area contributed by atoms with Crippen LogP contribution in [0.25, 0.3) is 0 Å². The Balaban J connectivity index is -0.0000000833. The number of hydrogen-bond donors (Lipinski definition) is 4. The summed E-state index contributed by atoms with van der Waals surface area (Å²) in [6.45, 7) is 32.1. The van der Waals surface area contributed by atoms with Gasteiger partial charge in [-0.25, -0.2) is 38.4 Å². The molecule has 2 atom stereocenters. The summed E-state index contributed by atoms with van der Waals surface area (Å²) in [5, 5.41) is 27.9. The Kier molecular flexibility index (Phi) is 74.7. The van der Waals surface area contributed by atoms with E-state index in [1.165, 1.54) is 0 Å². The van der Waals surface area contributed by atoms with E-state index in [-0.39, 0.29) is 12.2 Å². The standard InChI is InChI=1S/4C4H6O3.2C3H4O3.6C2H6.2CH2O3/c2*1-3-2-6-4(5)7-3;2*5-4-6-2-1-3-7-4;2*4-3-5-1-2-6-3;6*1-2;2*2-1(3)4/h2*3H,2H2,1H3;2*1-3H2;2*1-2H2;6*1-2H3;2*(H2,2,3,4).